The number of ether oxygens (including phenoxy) is 2. The summed E-state index contributed by atoms with van der Waals surface area (Å²) >= 11 is 11.7. The van der Waals surface area contributed by atoms with Crippen LogP contribution in [0.5, 0.6) is 0 Å². The van der Waals surface area contributed by atoms with Gasteiger partial charge < -0.3 is 14.8 Å². The number of carbonyl (C=O) groups is 2. The van der Waals surface area contributed by atoms with Crippen molar-refractivity contribution in [3.63, 3.8) is 0 Å². The van der Waals surface area contributed by atoms with Crippen molar-refractivity contribution in [2.24, 2.45) is 0 Å². The van der Waals surface area contributed by atoms with E-state index in [9.17, 15) is 18.0 Å². The monoisotopic (exact) mass is 487 g/mol. The first-order valence-corrected chi connectivity index (χ1v) is 11.4. The molecule has 1 fully saturated rings. The molecule has 1 amide bonds. The third kappa shape index (κ3) is 5.72. The van der Waals surface area contributed by atoms with Crippen molar-refractivity contribution >= 4 is 50.9 Å². The van der Waals surface area contributed by atoms with Crippen molar-refractivity contribution in [1.29, 1.82) is 0 Å². The van der Waals surface area contributed by atoms with Crippen LogP contribution in [-0.2, 0) is 24.3 Å². The average Bonchev–Trinajstić information content (AvgIpc) is 2.76. The normalized spacial score (nSPS) is 15.8. The summed E-state index contributed by atoms with van der Waals surface area (Å²) < 4.78 is 37.2. The van der Waals surface area contributed by atoms with Crippen LogP contribution in [-0.4, -0.2) is 62.0 Å². The molecule has 2 aromatic rings. The maximum absolute atomic E-state index is 12.8. The van der Waals surface area contributed by atoms with Gasteiger partial charge in [0.1, 0.15) is 0 Å². The molecular weight excluding hydrogens is 469 g/mol. The van der Waals surface area contributed by atoms with Crippen molar-refractivity contribution in [3.8, 4) is 0 Å². The molecule has 1 aromatic carbocycles. The lowest BCUT2D eigenvalue weighted by molar-refractivity contribution is -0.123. The van der Waals surface area contributed by atoms with E-state index < -0.39 is 28.0 Å². The van der Waals surface area contributed by atoms with Crippen molar-refractivity contribution in [2.45, 2.75) is 17.9 Å². The van der Waals surface area contributed by atoms with Crippen LogP contribution in [0.4, 0.5) is 5.82 Å². The Morgan fingerprint density at radius 2 is 1.94 bits per heavy atom. The van der Waals surface area contributed by atoms with Crippen LogP contribution in [0.2, 0.25) is 10.0 Å². The zero-order valence-electron chi connectivity index (χ0n) is 16.4. The molecule has 1 aliphatic heterocycles. The Kier molecular flexibility index (Phi) is 7.50. The number of hydrogen-bond donors (Lipinski definition) is 1. The molecule has 0 saturated carbocycles. The van der Waals surface area contributed by atoms with E-state index in [-0.39, 0.29) is 34.4 Å². The summed E-state index contributed by atoms with van der Waals surface area (Å²) in [5.41, 5.74) is -0.00312. The summed E-state index contributed by atoms with van der Waals surface area (Å²) in [4.78, 5) is 28.7. The van der Waals surface area contributed by atoms with Gasteiger partial charge >= 0.3 is 5.97 Å². The SMILES string of the molecule is CC(OC(=O)c1cccc(S(=O)(=O)N2CCOCC2)c1)C(=O)Nc1ncc(Cl)cc1Cl. The number of nitrogens with zero attached hydrogens (tertiary/aromatic N) is 2. The van der Waals surface area contributed by atoms with Crippen molar-refractivity contribution in [2.75, 3.05) is 31.6 Å². The molecule has 31 heavy (non-hydrogen) atoms. The van der Waals surface area contributed by atoms with Gasteiger partial charge in [0.25, 0.3) is 5.91 Å². The van der Waals surface area contributed by atoms with Gasteiger partial charge in [-0.2, -0.15) is 4.31 Å². The topological polar surface area (TPSA) is 115 Å². The van der Waals surface area contributed by atoms with Gasteiger partial charge in [-0.25, -0.2) is 18.2 Å². The first kappa shape index (κ1) is 23.4. The fraction of sp³-hybridized carbons (Fsp3) is 0.316. The summed E-state index contributed by atoms with van der Waals surface area (Å²) in [6, 6.07) is 6.86. The predicted octanol–water partition coefficient (Wildman–Crippen LogP) is 2.59. The van der Waals surface area contributed by atoms with Gasteiger partial charge in [0.2, 0.25) is 10.0 Å². The quantitative estimate of drug-likeness (QED) is 0.622. The van der Waals surface area contributed by atoms with Crippen LogP contribution in [0.25, 0.3) is 0 Å². The Hall–Kier alpha value is -2.24. The van der Waals surface area contributed by atoms with E-state index in [0.29, 0.717) is 18.2 Å². The Labute approximate surface area is 189 Å². The molecule has 1 N–H and O–H groups in total. The number of hydrogen-bond acceptors (Lipinski definition) is 7. The Morgan fingerprint density at radius 1 is 1.23 bits per heavy atom. The van der Waals surface area contributed by atoms with Gasteiger partial charge in [-0.1, -0.05) is 29.3 Å². The minimum absolute atomic E-state index is 0.00312. The number of morpholine rings is 1. The molecule has 0 aliphatic carbocycles. The predicted molar refractivity (Wildman–Crippen MR) is 114 cm³/mol. The van der Waals surface area contributed by atoms with Gasteiger partial charge in [0.05, 0.1) is 33.7 Å². The number of benzene rings is 1. The highest BCUT2D eigenvalue weighted by Gasteiger charge is 2.27. The minimum atomic E-state index is -3.78. The molecule has 1 aliphatic rings. The lowest BCUT2D eigenvalue weighted by atomic mass is 10.2. The lowest BCUT2D eigenvalue weighted by Gasteiger charge is -2.26. The van der Waals surface area contributed by atoms with Gasteiger partial charge in [0, 0.05) is 19.3 Å². The van der Waals surface area contributed by atoms with Crippen LogP contribution in [0, 0.1) is 0 Å². The number of pyridine rings is 1. The van der Waals surface area contributed by atoms with Crippen LogP contribution < -0.4 is 5.32 Å². The molecule has 2 heterocycles. The smallest absolute Gasteiger partial charge is 0.338 e. The van der Waals surface area contributed by atoms with Gasteiger partial charge in [-0.05, 0) is 31.2 Å². The van der Waals surface area contributed by atoms with Crippen LogP contribution in [0.15, 0.2) is 41.4 Å². The summed E-state index contributed by atoms with van der Waals surface area (Å²) in [5.74, 6) is -1.45. The Balaban J connectivity index is 1.68. The molecule has 9 nitrogen and oxygen atoms in total. The number of anilines is 1. The standard InChI is InChI=1S/C19H19Cl2N3O6S/c1-12(18(25)23-17-16(21)10-14(20)11-22-17)30-19(26)13-3-2-4-15(9-13)31(27,28)24-5-7-29-8-6-24/h2-4,9-12H,5-8H2,1H3,(H,22,23,25). The Morgan fingerprint density at radius 3 is 2.61 bits per heavy atom. The van der Waals surface area contributed by atoms with Gasteiger partial charge in [-0.3, -0.25) is 4.79 Å². The molecule has 1 saturated heterocycles. The number of sulfonamides is 1. The van der Waals surface area contributed by atoms with Crippen molar-refractivity contribution < 1.29 is 27.5 Å². The molecule has 166 valence electrons. The number of carbonyl (C=O) groups excluding carboxylic acids is 2. The zero-order chi connectivity index (χ0) is 22.6. The number of nitrogens with one attached hydrogen (secondary N) is 1. The average molecular weight is 488 g/mol. The van der Waals surface area contributed by atoms with Crippen molar-refractivity contribution in [1.82, 2.24) is 9.29 Å². The molecular formula is C19H19Cl2N3O6S. The fourth-order valence-corrected chi connectivity index (χ4v) is 4.61. The summed E-state index contributed by atoms with van der Waals surface area (Å²) in [6.45, 7) is 2.44. The van der Waals surface area contributed by atoms with E-state index in [4.69, 9.17) is 32.7 Å². The summed E-state index contributed by atoms with van der Waals surface area (Å²) in [5, 5.41) is 2.87. The molecule has 0 radical (unpaired) electrons. The third-order valence-electron chi connectivity index (χ3n) is 4.38. The second-order valence-electron chi connectivity index (χ2n) is 6.57. The number of amides is 1. The van der Waals surface area contributed by atoms with Crippen LogP contribution >= 0.6 is 23.2 Å². The second-order valence-corrected chi connectivity index (χ2v) is 9.35. The number of halogens is 2. The van der Waals surface area contributed by atoms with Crippen molar-refractivity contribution in [3.05, 3.63) is 52.1 Å². The number of aromatic nitrogens is 1. The van der Waals surface area contributed by atoms with Crippen LogP contribution in [0.1, 0.15) is 17.3 Å². The first-order valence-electron chi connectivity index (χ1n) is 9.19. The number of esters is 1. The zero-order valence-corrected chi connectivity index (χ0v) is 18.7. The summed E-state index contributed by atoms with van der Waals surface area (Å²) in [6.07, 6.45) is 0.112. The largest absolute Gasteiger partial charge is 0.449 e. The molecule has 1 aromatic heterocycles. The van der Waals surface area contributed by atoms with Crippen LogP contribution in [0.3, 0.4) is 0 Å². The van der Waals surface area contributed by atoms with Gasteiger partial charge in [0.15, 0.2) is 11.9 Å². The first-order chi connectivity index (χ1) is 14.7. The van der Waals surface area contributed by atoms with Gasteiger partial charge in [-0.15, -0.1) is 0 Å². The van der Waals surface area contributed by atoms with E-state index >= 15 is 0 Å². The molecule has 1 unspecified atom stereocenters. The van der Waals surface area contributed by atoms with E-state index in [1.54, 1.807) is 0 Å². The second kappa shape index (κ2) is 9.92. The number of rotatable bonds is 6. The van der Waals surface area contributed by atoms with E-state index in [1.165, 1.54) is 47.8 Å². The van der Waals surface area contributed by atoms with E-state index in [1.807, 2.05) is 0 Å². The van der Waals surface area contributed by atoms with E-state index in [2.05, 4.69) is 10.3 Å². The highest BCUT2D eigenvalue weighted by atomic mass is 35.5. The minimum Gasteiger partial charge on any atom is -0.449 e. The highest BCUT2D eigenvalue weighted by molar-refractivity contribution is 7.89. The third-order valence-corrected chi connectivity index (χ3v) is 6.77. The summed E-state index contributed by atoms with van der Waals surface area (Å²) in [7, 11) is -3.78. The molecule has 12 heteroatoms. The maximum atomic E-state index is 12.8. The maximum Gasteiger partial charge on any atom is 0.338 e. The molecule has 0 bridgehead atoms. The fourth-order valence-electron chi connectivity index (χ4n) is 2.73. The Bertz CT molecular complexity index is 1090. The lowest BCUT2D eigenvalue weighted by Crippen LogP contribution is -2.40. The molecule has 1 atom stereocenters. The highest BCUT2D eigenvalue weighted by Crippen LogP contribution is 2.23. The molecule has 3 rings (SSSR count). The molecule has 0 spiro atoms. The van der Waals surface area contributed by atoms with E-state index in [0.717, 1.165) is 0 Å².